The Morgan fingerprint density at radius 3 is 2.67 bits per heavy atom. The van der Waals surface area contributed by atoms with E-state index in [0.717, 1.165) is 11.5 Å². The lowest BCUT2D eigenvalue weighted by Crippen LogP contribution is -2.29. The molecule has 126 valence electrons. The van der Waals surface area contributed by atoms with E-state index in [1.165, 1.54) is 0 Å². The summed E-state index contributed by atoms with van der Waals surface area (Å²) < 4.78 is 10.7. The van der Waals surface area contributed by atoms with Crippen molar-refractivity contribution in [2.24, 2.45) is 0 Å². The standard InChI is InChI=1S/C18H21N3O3/c1-10(2)14-9-13(16-11(3)20-24-17(16)19-14)18(22)21(5)12(4)15-7-6-8-23-15/h6-10,12H,1-5H3. The second kappa shape index (κ2) is 6.11. The second-order valence-corrected chi connectivity index (χ2v) is 6.30. The number of carbonyl (C=O) groups excluding carboxylic acids is 1. The molecular formula is C18H21N3O3. The highest BCUT2D eigenvalue weighted by Crippen LogP contribution is 2.28. The number of amides is 1. The van der Waals surface area contributed by atoms with Gasteiger partial charge in [-0.25, -0.2) is 4.98 Å². The average Bonchev–Trinajstić information content (AvgIpc) is 3.22. The van der Waals surface area contributed by atoms with E-state index in [1.807, 2.05) is 45.9 Å². The van der Waals surface area contributed by atoms with Gasteiger partial charge in [0.2, 0.25) is 0 Å². The van der Waals surface area contributed by atoms with Crippen molar-refractivity contribution in [1.82, 2.24) is 15.0 Å². The quantitative estimate of drug-likeness (QED) is 0.722. The lowest BCUT2D eigenvalue weighted by molar-refractivity contribution is 0.0728. The minimum Gasteiger partial charge on any atom is -0.467 e. The van der Waals surface area contributed by atoms with E-state index >= 15 is 0 Å². The zero-order valence-electron chi connectivity index (χ0n) is 14.5. The van der Waals surface area contributed by atoms with Gasteiger partial charge in [-0.3, -0.25) is 4.79 Å². The first-order chi connectivity index (χ1) is 11.4. The third-order valence-corrected chi connectivity index (χ3v) is 4.32. The molecule has 0 aliphatic carbocycles. The van der Waals surface area contributed by atoms with E-state index < -0.39 is 0 Å². The molecule has 6 nitrogen and oxygen atoms in total. The Kier molecular flexibility index (Phi) is 4.13. The minimum absolute atomic E-state index is 0.112. The summed E-state index contributed by atoms with van der Waals surface area (Å²) in [5.74, 6) is 0.806. The van der Waals surface area contributed by atoms with Crippen LogP contribution in [-0.2, 0) is 0 Å². The fourth-order valence-corrected chi connectivity index (χ4v) is 2.66. The number of fused-ring (bicyclic) bond motifs is 1. The second-order valence-electron chi connectivity index (χ2n) is 6.30. The molecule has 0 spiro atoms. The van der Waals surface area contributed by atoms with Gasteiger partial charge in [0.15, 0.2) is 0 Å². The van der Waals surface area contributed by atoms with Crippen molar-refractivity contribution in [2.75, 3.05) is 7.05 Å². The molecule has 1 atom stereocenters. The molecule has 3 aromatic heterocycles. The molecule has 0 N–H and O–H groups in total. The van der Waals surface area contributed by atoms with Crippen LogP contribution in [0.4, 0.5) is 0 Å². The highest BCUT2D eigenvalue weighted by atomic mass is 16.5. The molecule has 0 aliphatic rings. The number of carbonyl (C=O) groups is 1. The van der Waals surface area contributed by atoms with Gasteiger partial charge in [-0.2, -0.15) is 0 Å². The van der Waals surface area contributed by atoms with Crippen LogP contribution in [0.15, 0.2) is 33.4 Å². The number of pyridine rings is 1. The first kappa shape index (κ1) is 16.2. The van der Waals surface area contributed by atoms with Gasteiger partial charge >= 0.3 is 0 Å². The Bertz CT molecular complexity index is 865. The molecule has 3 heterocycles. The summed E-state index contributed by atoms with van der Waals surface area (Å²) >= 11 is 0. The molecule has 0 saturated carbocycles. The van der Waals surface area contributed by atoms with Crippen LogP contribution in [0.25, 0.3) is 11.1 Å². The number of furan rings is 1. The summed E-state index contributed by atoms with van der Waals surface area (Å²) in [6.07, 6.45) is 1.61. The van der Waals surface area contributed by atoms with Crippen molar-refractivity contribution in [3.8, 4) is 0 Å². The van der Waals surface area contributed by atoms with E-state index in [2.05, 4.69) is 10.1 Å². The number of hydrogen-bond acceptors (Lipinski definition) is 5. The third kappa shape index (κ3) is 2.68. The van der Waals surface area contributed by atoms with Crippen LogP contribution in [0, 0.1) is 6.92 Å². The summed E-state index contributed by atoms with van der Waals surface area (Å²) in [7, 11) is 1.76. The molecule has 0 aromatic carbocycles. The van der Waals surface area contributed by atoms with Crippen molar-refractivity contribution in [1.29, 1.82) is 0 Å². The molecule has 0 aliphatic heterocycles. The molecule has 0 saturated heterocycles. The van der Waals surface area contributed by atoms with Crippen LogP contribution in [0.5, 0.6) is 0 Å². The summed E-state index contributed by atoms with van der Waals surface area (Å²) in [6.45, 7) is 7.80. The predicted octanol–water partition coefficient (Wildman–Crippen LogP) is 4.08. The number of nitrogens with zero attached hydrogens (tertiary/aromatic N) is 3. The van der Waals surface area contributed by atoms with E-state index in [4.69, 9.17) is 8.94 Å². The van der Waals surface area contributed by atoms with Crippen LogP contribution in [0.2, 0.25) is 0 Å². The molecule has 0 bridgehead atoms. The molecule has 1 amide bonds. The van der Waals surface area contributed by atoms with Crippen molar-refractivity contribution >= 4 is 17.0 Å². The molecule has 3 aromatic rings. The fraction of sp³-hybridized carbons (Fsp3) is 0.389. The molecule has 3 rings (SSSR count). The van der Waals surface area contributed by atoms with Gasteiger partial charge in [-0.1, -0.05) is 19.0 Å². The molecule has 0 radical (unpaired) electrons. The number of hydrogen-bond donors (Lipinski definition) is 0. The highest BCUT2D eigenvalue weighted by molar-refractivity contribution is 6.06. The maximum Gasteiger partial charge on any atom is 0.259 e. The summed E-state index contributed by atoms with van der Waals surface area (Å²) in [4.78, 5) is 19.2. The zero-order chi connectivity index (χ0) is 17.4. The Morgan fingerprint density at radius 1 is 1.29 bits per heavy atom. The SMILES string of the molecule is Cc1noc2nc(C(C)C)cc(C(=O)N(C)C(C)c3ccco3)c12. The zero-order valence-corrected chi connectivity index (χ0v) is 14.5. The molecule has 6 heteroatoms. The molecular weight excluding hydrogens is 306 g/mol. The summed E-state index contributed by atoms with van der Waals surface area (Å²) in [5, 5.41) is 4.64. The van der Waals surface area contributed by atoms with E-state index in [9.17, 15) is 4.79 Å². The molecule has 1 unspecified atom stereocenters. The van der Waals surface area contributed by atoms with Crippen molar-refractivity contribution in [2.45, 2.75) is 39.7 Å². The Labute approximate surface area is 140 Å². The summed E-state index contributed by atoms with van der Waals surface area (Å²) in [5.41, 5.74) is 2.43. The number of aromatic nitrogens is 2. The normalized spacial score (nSPS) is 12.8. The Morgan fingerprint density at radius 2 is 2.04 bits per heavy atom. The van der Waals surface area contributed by atoms with Crippen LogP contribution in [-0.4, -0.2) is 28.0 Å². The molecule has 0 fully saturated rings. The lowest BCUT2D eigenvalue weighted by atomic mass is 10.0. The van der Waals surface area contributed by atoms with Crippen LogP contribution >= 0.6 is 0 Å². The van der Waals surface area contributed by atoms with Gasteiger partial charge in [0.05, 0.1) is 28.9 Å². The van der Waals surface area contributed by atoms with E-state index in [0.29, 0.717) is 22.4 Å². The maximum atomic E-state index is 13.1. The van der Waals surface area contributed by atoms with Gasteiger partial charge in [-0.15, -0.1) is 0 Å². The Hall–Kier alpha value is -2.63. The van der Waals surface area contributed by atoms with Gasteiger partial charge < -0.3 is 13.8 Å². The van der Waals surface area contributed by atoms with E-state index in [1.54, 1.807) is 18.2 Å². The van der Waals surface area contributed by atoms with Crippen molar-refractivity contribution in [3.05, 3.63) is 47.2 Å². The highest BCUT2D eigenvalue weighted by Gasteiger charge is 2.26. The topological polar surface area (TPSA) is 72.4 Å². The van der Waals surface area contributed by atoms with E-state index in [-0.39, 0.29) is 17.9 Å². The molecule has 24 heavy (non-hydrogen) atoms. The van der Waals surface area contributed by atoms with Crippen molar-refractivity contribution in [3.63, 3.8) is 0 Å². The first-order valence-electron chi connectivity index (χ1n) is 7.97. The van der Waals surface area contributed by atoms with Gasteiger partial charge in [0.25, 0.3) is 11.6 Å². The average molecular weight is 327 g/mol. The van der Waals surface area contributed by atoms with Gasteiger partial charge in [0.1, 0.15) is 5.76 Å². The fourth-order valence-electron chi connectivity index (χ4n) is 2.66. The van der Waals surface area contributed by atoms with Crippen LogP contribution in [0.3, 0.4) is 0 Å². The number of rotatable bonds is 4. The maximum absolute atomic E-state index is 13.1. The van der Waals surface area contributed by atoms with Crippen molar-refractivity contribution < 1.29 is 13.7 Å². The Balaban J connectivity index is 2.07. The summed E-state index contributed by atoms with van der Waals surface area (Å²) in [6, 6.07) is 5.33. The first-order valence-corrected chi connectivity index (χ1v) is 7.97. The smallest absolute Gasteiger partial charge is 0.259 e. The minimum atomic E-state index is -0.182. The van der Waals surface area contributed by atoms with Gasteiger partial charge in [-0.05, 0) is 38.0 Å². The largest absolute Gasteiger partial charge is 0.467 e. The third-order valence-electron chi connectivity index (χ3n) is 4.32. The number of aryl methyl sites for hydroxylation is 1. The van der Waals surface area contributed by atoms with Gasteiger partial charge in [0, 0.05) is 12.7 Å². The van der Waals surface area contributed by atoms with Crippen LogP contribution < -0.4 is 0 Å². The monoisotopic (exact) mass is 327 g/mol. The predicted molar refractivity (Wildman–Crippen MR) is 89.8 cm³/mol. The lowest BCUT2D eigenvalue weighted by Gasteiger charge is -2.24. The van der Waals surface area contributed by atoms with Crippen LogP contribution in [0.1, 0.15) is 60.2 Å².